The van der Waals surface area contributed by atoms with Gasteiger partial charge in [-0.3, -0.25) is 0 Å². The Kier molecular flexibility index (Phi) is 8.27. The number of unbranched alkanes of at least 4 members (excludes halogenated alkanes) is 3. The van der Waals surface area contributed by atoms with Crippen LogP contribution in [0.5, 0.6) is 0 Å². The van der Waals surface area contributed by atoms with Gasteiger partial charge < -0.3 is 9.53 Å². The first-order valence-corrected chi connectivity index (χ1v) is 11.9. The molecule has 2 heteroatoms. The summed E-state index contributed by atoms with van der Waals surface area (Å²) in [5.74, 6) is 0.682. The van der Waals surface area contributed by atoms with E-state index in [1.165, 1.54) is 47.8 Å². The van der Waals surface area contributed by atoms with Gasteiger partial charge in [-0.25, -0.2) is 0 Å². The molecule has 1 atom stereocenters. The molecule has 0 saturated carbocycles. The molecule has 0 aliphatic heterocycles. The Morgan fingerprint density at radius 3 is 2.03 bits per heavy atom. The minimum absolute atomic E-state index is 0.0667. The van der Waals surface area contributed by atoms with Gasteiger partial charge in [-0.2, -0.15) is 0 Å². The van der Waals surface area contributed by atoms with Crippen LogP contribution >= 0.6 is 0 Å². The molecule has 1 aliphatic carbocycles. The molecule has 3 rings (SSSR count). The van der Waals surface area contributed by atoms with E-state index >= 15 is 0 Å². The number of rotatable bonds is 13. The van der Waals surface area contributed by atoms with Crippen LogP contribution in [0.2, 0.25) is 0 Å². The zero-order valence-electron chi connectivity index (χ0n) is 19.0. The quantitative estimate of drug-likeness (QED) is 0.260. The molecule has 2 aromatic carbocycles. The minimum atomic E-state index is -0.374. The third-order valence-corrected chi connectivity index (χ3v) is 6.67. The summed E-state index contributed by atoms with van der Waals surface area (Å²) in [5, 5.41) is 0. The van der Waals surface area contributed by atoms with E-state index in [0.717, 1.165) is 38.2 Å². The van der Waals surface area contributed by atoms with E-state index in [9.17, 15) is 4.79 Å². The lowest BCUT2D eigenvalue weighted by atomic mass is 9.67. The van der Waals surface area contributed by atoms with Gasteiger partial charge in [0, 0.05) is 12.5 Å². The molecule has 0 fully saturated rings. The van der Waals surface area contributed by atoms with Crippen LogP contribution in [0.1, 0.15) is 76.8 Å². The van der Waals surface area contributed by atoms with Crippen LogP contribution in [0.3, 0.4) is 0 Å². The minimum Gasteiger partial charge on any atom is -0.380 e. The van der Waals surface area contributed by atoms with Crippen LogP contribution in [0.15, 0.2) is 48.5 Å². The maximum Gasteiger partial charge on any atom is 0.124 e. The van der Waals surface area contributed by atoms with Crippen LogP contribution in [0, 0.1) is 11.8 Å². The summed E-state index contributed by atoms with van der Waals surface area (Å²) >= 11 is 0. The van der Waals surface area contributed by atoms with Gasteiger partial charge in [0.05, 0.1) is 12.0 Å². The van der Waals surface area contributed by atoms with E-state index in [2.05, 4.69) is 69.3 Å². The van der Waals surface area contributed by atoms with E-state index in [-0.39, 0.29) is 11.3 Å². The van der Waals surface area contributed by atoms with Crippen LogP contribution < -0.4 is 0 Å². The highest BCUT2D eigenvalue weighted by atomic mass is 16.5. The highest BCUT2D eigenvalue weighted by Crippen LogP contribution is 2.53. The summed E-state index contributed by atoms with van der Waals surface area (Å²) in [6.45, 7) is 8.08. The molecule has 0 heterocycles. The predicted molar refractivity (Wildman–Crippen MR) is 126 cm³/mol. The van der Waals surface area contributed by atoms with Crippen molar-refractivity contribution in [1.82, 2.24) is 0 Å². The van der Waals surface area contributed by atoms with Crippen LogP contribution in [0.25, 0.3) is 11.1 Å². The smallest absolute Gasteiger partial charge is 0.124 e. The number of hydrogen-bond acceptors (Lipinski definition) is 2. The highest BCUT2D eigenvalue weighted by molar-refractivity contribution is 5.83. The van der Waals surface area contributed by atoms with Gasteiger partial charge >= 0.3 is 0 Å². The standard InChI is InChI=1S/C28H38O2/c1-4-5-19-30-21-28(23(20-29)14-8-6-7-13-22(2)3)26-17-11-9-15-24(26)25-16-10-12-18-27(25)28/h9-12,15-18,20,22-23H,4-8,13-14,19,21H2,1-3H3. The zero-order chi connectivity index (χ0) is 21.4. The number of ether oxygens (including phenoxy) is 1. The Morgan fingerprint density at radius 2 is 1.47 bits per heavy atom. The van der Waals surface area contributed by atoms with E-state index in [1.807, 2.05) is 0 Å². The zero-order valence-corrected chi connectivity index (χ0v) is 19.0. The molecule has 1 unspecified atom stereocenters. The van der Waals surface area contributed by atoms with Gasteiger partial charge in [0.25, 0.3) is 0 Å². The summed E-state index contributed by atoms with van der Waals surface area (Å²) in [7, 11) is 0. The molecule has 0 radical (unpaired) electrons. The molecule has 2 nitrogen and oxygen atoms in total. The van der Waals surface area contributed by atoms with E-state index < -0.39 is 0 Å². The van der Waals surface area contributed by atoms with Gasteiger partial charge in [-0.05, 0) is 41.0 Å². The molecular weight excluding hydrogens is 368 g/mol. The second-order valence-corrected chi connectivity index (χ2v) is 9.24. The molecule has 0 amide bonds. The summed E-state index contributed by atoms with van der Waals surface area (Å²) in [6, 6.07) is 17.3. The molecule has 0 spiro atoms. The summed E-state index contributed by atoms with van der Waals surface area (Å²) < 4.78 is 6.26. The fourth-order valence-electron chi connectivity index (χ4n) is 5.02. The summed E-state index contributed by atoms with van der Waals surface area (Å²) in [4.78, 5) is 12.5. The summed E-state index contributed by atoms with van der Waals surface area (Å²) in [6.07, 6.45) is 9.11. The number of aldehydes is 1. The fraction of sp³-hybridized carbons (Fsp3) is 0.536. The fourth-order valence-corrected chi connectivity index (χ4v) is 5.02. The first kappa shape index (κ1) is 22.7. The van der Waals surface area contributed by atoms with E-state index in [4.69, 9.17) is 4.74 Å². The lowest BCUT2D eigenvalue weighted by Crippen LogP contribution is -2.40. The summed E-state index contributed by atoms with van der Waals surface area (Å²) in [5.41, 5.74) is 4.68. The van der Waals surface area contributed by atoms with Gasteiger partial charge in [0.15, 0.2) is 0 Å². The van der Waals surface area contributed by atoms with Crippen molar-refractivity contribution >= 4 is 6.29 Å². The van der Waals surface area contributed by atoms with E-state index in [1.54, 1.807) is 0 Å². The molecule has 30 heavy (non-hydrogen) atoms. The topological polar surface area (TPSA) is 26.3 Å². The Hall–Kier alpha value is -1.93. The van der Waals surface area contributed by atoms with Crippen molar-refractivity contribution < 1.29 is 9.53 Å². The lowest BCUT2D eigenvalue weighted by molar-refractivity contribution is -0.113. The molecular formula is C28H38O2. The molecule has 2 aromatic rings. The lowest BCUT2D eigenvalue weighted by Gasteiger charge is -2.37. The third kappa shape index (κ3) is 4.70. The maximum absolute atomic E-state index is 12.5. The number of carbonyl (C=O) groups excluding carboxylic acids is 1. The predicted octanol–water partition coefficient (Wildman–Crippen LogP) is 7.19. The van der Waals surface area contributed by atoms with Crippen LogP contribution in [-0.2, 0) is 14.9 Å². The number of carbonyl (C=O) groups is 1. The average Bonchev–Trinajstić information content (AvgIpc) is 3.05. The number of benzene rings is 2. The normalized spacial score (nSPS) is 15.1. The Bertz CT molecular complexity index is 762. The Balaban J connectivity index is 1.92. The van der Waals surface area contributed by atoms with Crippen LogP contribution in [0.4, 0.5) is 0 Å². The van der Waals surface area contributed by atoms with Crippen molar-refractivity contribution in [3.8, 4) is 11.1 Å². The van der Waals surface area contributed by atoms with Crippen molar-refractivity contribution in [3.05, 3.63) is 59.7 Å². The Morgan fingerprint density at radius 1 is 0.867 bits per heavy atom. The van der Waals surface area contributed by atoms with E-state index in [0.29, 0.717) is 6.61 Å². The highest BCUT2D eigenvalue weighted by Gasteiger charge is 2.48. The molecule has 0 bridgehead atoms. The van der Waals surface area contributed by atoms with Gasteiger partial charge in [0.1, 0.15) is 6.29 Å². The van der Waals surface area contributed by atoms with Crippen molar-refractivity contribution in [3.63, 3.8) is 0 Å². The number of fused-ring (bicyclic) bond motifs is 3. The van der Waals surface area contributed by atoms with Gasteiger partial charge in [-0.15, -0.1) is 0 Å². The second kappa shape index (κ2) is 10.9. The van der Waals surface area contributed by atoms with Gasteiger partial charge in [-0.1, -0.05) is 101 Å². The molecule has 1 aliphatic rings. The maximum atomic E-state index is 12.5. The number of hydrogen-bond donors (Lipinski definition) is 0. The molecule has 0 saturated heterocycles. The molecule has 0 aromatic heterocycles. The largest absolute Gasteiger partial charge is 0.380 e. The Labute approximate surface area is 183 Å². The van der Waals surface area contributed by atoms with Crippen molar-refractivity contribution in [2.45, 2.75) is 71.1 Å². The SMILES string of the molecule is CCCCOCC1(C(C=O)CCCCCC(C)C)c2ccccc2-c2ccccc21. The molecule has 162 valence electrons. The average molecular weight is 407 g/mol. The van der Waals surface area contributed by atoms with Crippen molar-refractivity contribution in [1.29, 1.82) is 0 Å². The molecule has 0 N–H and O–H groups in total. The van der Waals surface area contributed by atoms with Gasteiger partial charge in [0.2, 0.25) is 0 Å². The first-order valence-electron chi connectivity index (χ1n) is 11.9. The van der Waals surface area contributed by atoms with Crippen molar-refractivity contribution in [2.75, 3.05) is 13.2 Å². The monoisotopic (exact) mass is 406 g/mol. The third-order valence-electron chi connectivity index (χ3n) is 6.67. The van der Waals surface area contributed by atoms with Crippen LogP contribution in [-0.4, -0.2) is 19.5 Å². The first-order chi connectivity index (χ1) is 14.6. The van der Waals surface area contributed by atoms with Crippen molar-refractivity contribution in [2.24, 2.45) is 11.8 Å². The second-order valence-electron chi connectivity index (χ2n) is 9.24.